The first kappa shape index (κ1) is 21.6. The maximum Gasteiger partial charge on any atom is 0.341 e. The molecule has 0 radical (unpaired) electrons. The van der Waals surface area contributed by atoms with Crippen molar-refractivity contribution in [3.63, 3.8) is 0 Å². The Labute approximate surface area is 186 Å². The molecule has 0 unspecified atom stereocenters. The third-order valence-electron chi connectivity index (χ3n) is 5.99. The number of nitrogens with zero attached hydrogens (tertiary/aromatic N) is 2. The number of methoxy groups -OCH3 is 2. The van der Waals surface area contributed by atoms with Gasteiger partial charge in [0.2, 0.25) is 5.91 Å². The van der Waals surface area contributed by atoms with E-state index in [1.165, 1.54) is 23.3 Å². The van der Waals surface area contributed by atoms with E-state index in [-0.39, 0.29) is 11.9 Å². The first-order chi connectivity index (χ1) is 15.1. The second-order valence-corrected chi connectivity index (χ2v) is 9.02. The standard InChI is InChI=1S/C23H29N3O4S/c1-29-17-9-7-16(8-10-17)26-13-11-25(12-14-26)15-20(27)24-22-21(23(28)30-2)18-5-3-4-6-19(18)31-22/h7-10H,3-6,11-15H2,1-2H3,(H,24,27). The van der Waals surface area contributed by atoms with E-state index < -0.39 is 0 Å². The molecule has 4 rings (SSSR count). The second-order valence-electron chi connectivity index (χ2n) is 7.92. The van der Waals surface area contributed by atoms with Crippen molar-refractivity contribution in [2.75, 3.05) is 57.2 Å². The van der Waals surface area contributed by atoms with E-state index in [0.717, 1.165) is 68.9 Å². The molecule has 1 aromatic heterocycles. The summed E-state index contributed by atoms with van der Waals surface area (Å²) in [6, 6.07) is 8.06. The van der Waals surface area contributed by atoms with Gasteiger partial charge in [-0.1, -0.05) is 0 Å². The number of esters is 1. The van der Waals surface area contributed by atoms with Gasteiger partial charge >= 0.3 is 5.97 Å². The summed E-state index contributed by atoms with van der Waals surface area (Å²) in [5, 5.41) is 3.63. The predicted octanol–water partition coefficient (Wildman–Crippen LogP) is 3.18. The highest BCUT2D eigenvalue weighted by Gasteiger charge is 2.27. The third kappa shape index (κ3) is 4.85. The predicted molar refractivity (Wildman–Crippen MR) is 123 cm³/mol. The molecule has 0 spiro atoms. The summed E-state index contributed by atoms with van der Waals surface area (Å²) < 4.78 is 10.2. The van der Waals surface area contributed by atoms with Gasteiger partial charge in [-0.3, -0.25) is 9.69 Å². The minimum absolute atomic E-state index is 0.0818. The maximum atomic E-state index is 12.8. The molecule has 1 N–H and O–H groups in total. The van der Waals surface area contributed by atoms with Crippen molar-refractivity contribution in [2.45, 2.75) is 25.7 Å². The van der Waals surface area contributed by atoms with Crippen LogP contribution in [0.4, 0.5) is 10.7 Å². The van der Waals surface area contributed by atoms with Gasteiger partial charge in [0.1, 0.15) is 10.8 Å². The molecule has 1 aliphatic heterocycles. The fourth-order valence-electron chi connectivity index (χ4n) is 4.30. The van der Waals surface area contributed by atoms with Crippen LogP contribution in [-0.2, 0) is 22.4 Å². The Balaban J connectivity index is 1.34. The number of aryl methyl sites for hydroxylation is 1. The van der Waals surface area contributed by atoms with Gasteiger partial charge in [0.15, 0.2) is 0 Å². The molecule has 1 saturated heterocycles. The highest BCUT2D eigenvalue weighted by atomic mass is 32.1. The van der Waals surface area contributed by atoms with E-state index in [9.17, 15) is 9.59 Å². The summed E-state index contributed by atoms with van der Waals surface area (Å²) in [7, 11) is 3.06. The van der Waals surface area contributed by atoms with Crippen molar-refractivity contribution >= 4 is 33.9 Å². The monoisotopic (exact) mass is 443 g/mol. The van der Waals surface area contributed by atoms with Crippen molar-refractivity contribution < 1.29 is 19.1 Å². The first-order valence-electron chi connectivity index (χ1n) is 10.7. The molecule has 31 heavy (non-hydrogen) atoms. The number of thiophene rings is 1. The summed E-state index contributed by atoms with van der Waals surface area (Å²) in [5.41, 5.74) is 2.78. The Morgan fingerprint density at radius 3 is 2.42 bits per heavy atom. The molecule has 1 amide bonds. The SMILES string of the molecule is COC(=O)c1c(NC(=O)CN2CCN(c3ccc(OC)cc3)CC2)sc2c1CCCC2. The number of amides is 1. The number of carbonyl (C=O) groups is 2. The van der Waals surface area contributed by atoms with Crippen LogP contribution in [0.15, 0.2) is 24.3 Å². The van der Waals surface area contributed by atoms with Crippen molar-refractivity contribution in [1.29, 1.82) is 0 Å². The molecule has 0 bridgehead atoms. The lowest BCUT2D eigenvalue weighted by molar-refractivity contribution is -0.117. The van der Waals surface area contributed by atoms with Crippen molar-refractivity contribution in [1.82, 2.24) is 4.90 Å². The molecule has 0 atom stereocenters. The Morgan fingerprint density at radius 2 is 1.74 bits per heavy atom. The van der Waals surface area contributed by atoms with Gasteiger partial charge in [-0.15, -0.1) is 11.3 Å². The van der Waals surface area contributed by atoms with Gasteiger partial charge < -0.3 is 19.7 Å². The van der Waals surface area contributed by atoms with Gasteiger partial charge in [-0.25, -0.2) is 4.79 Å². The number of fused-ring (bicyclic) bond motifs is 1. The van der Waals surface area contributed by atoms with Crippen molar-refractivity contribution in [3.05, 3.63) is 40.3 Å². The van der Waals surface area contributed by atoms with E-state index >= 15 is 0 Å². The average Bonchev–Trinajstić information content (AvgIpc) is 3.16. The Kier molecular flexibility index (Phi) is 6.77. The summed E-state index contributed by atoms with van der Waals surface area (Å²) >= 11 is 1.53. The van der Waals surface area contributed by atoms with Crippen LogP contribution in [0.2, 0.25) is 0 Å². The highest BCUT2D eigenvalue weighted by Crippen LogP contribution is 2.38. The molecule has 2 heterocycles. The van der Waals surface area contributed by atoms with Crippen molar-refractivity contribution in [2.24, 2.45) is 0 Å². The lowest BCUT2D eigenvalue weighted by Gasteiger charge is -2.35. The number of anilines is 2. The summed E-state index contributed by atoms with van der Waals surface area (Å²) in [5.74, 6) is 0.407. The van der Waals surface area contributed by atoms with E-state index in [1.54, 1.807) is 7.11 Å². The molecule has 166 valence electrons. The fourth-order valence-corrected chi connectivity index (χ4v) is 5.59. The Hall–Kier alpha value is -2.58. The third-order valence-corrected chi connectivity index (χ3v) is 7.20. The van der Waals surface area contributed by atoms with Crippen LogP contribution in [0.25, 0.3) is 0 Å². The van der Waals surface area contributed by atoms with E-state index in [2.05, 4.69) is 27.2 Å². The number of piperazine rings is 1. The smallest absolute Gasteiger partial charge is 0.341 e. The lowest BCUT2D eigenvalue weighted by Crippen LogP contribution is -2.48. The number of ether oxygens (including phenoxy) is 2. The Morgan fingerprint density at radius 1 is 1.03 bits per heavy atom. The zero-order valence-electron chi connectivity index (χ0n) is 18.1. The molecule has 1 aromatic carbocycles. The summed E-state index contributed by atoms with van der Waals surface area (Å²) in [6.07, 6.45) is 4.03. The molecule has 1 aliphatic carbocycles. The molecule has 0 saturated carbocycles. The molecule has 2 aromatic rings. The summed E-state index contributed by atoms with van der Waals surface area (Å²) in [4.78, 5) is 30.8. The quantitative estimate of drug-likeness (QED) is 0.692. The first-order valence-corrected chi connectivity index (χ1v) is 11.5. The maximum absolute atomic E-state index is 12.8. The second kappa shape index (κ2) is 9.70. The minimum Gasteiger partial charge on any atom is -0.497 e. The number of nitrogens with one attached hydrogen (secondary N) is 1. The minimum atomic E-state index is -0.359. The fraction of sp³-hybridized carbons (Fsp3) is 0.478. The molecular formula is C23H29N3O4S. The zero-order chi connectivity index (χ0) is 21.8. The molecule has 7 nitrogen and oxygen atoms in total. The van der Waals surface area contributed by atoms with Crippen molar-refractivity contribution in [3.8, 4) is 5.75 Å². The number of hydrogen-bond donors (Lipinski definition) is 1. The van der Waals surface area contributed by atoms with Crippen LogP contribution < -0.4 is 15.0 Å². The van der Waals surface area contributed by atoms with E-state index in [1.807, 2.05) is 12.1 Å². The van der Waals surface area contributed by atoms with Crippen LogP contribution in [0.5, 0.6) is 5.75 Å². The topological polar surface area (TPSA) is 71.1 Å². The van der Waals surface area contributed by atoms with E-state index in [0.29, 0.717) is 17.1 Å². The van der Waals surface area contributed by atoms with Gasteiger partial charge in [-0.2, -0.15) is 0 Å². The van der Waals surface area contributed by atoms with Crippen LogP contribution >= 0.6 is 11.3 Å². The van der Waals surface area contributed by atoms with Gasteiger partial charge in [0.25, 0.3) is 0 Å². The number of rotatable bonds is 6. The number of hydrogen-bond acceptors (Lipinski definition) is 7. The van der Waals surface area contributed by atoms with Crippen LogP contribution in [0, 0.1) is 0 Å². The Bertz CT molecular complexity index is 933. The molecular weight excluding hydrogens is 414 g/mol. The molecule has 8 heteroatoms. The molecule has 1 fully saturated rings. The van der Waals surface area contributed by atoms with Crippen LogP contribution in [-0.4, -0.2) is 63.7 Å². The largest absolute Gasteiger partial charge is 0.497 e. The highest BCUT2D eigenvalue weighted by molar-refractivity contribution is 7.17. The number of benzene rings is 1. The van der Waals surface area contributed by atoms with Gasteiger partial charge in [-0.05, 0) is 55.5 Å². The zero-order valence-corrected chi connectivity index (χ0v) is 18.9. The van der Waals surface area contributed by atoms with Gasteiger partial charge in [0, 0.05) is 36.7 Å². The normalized spacial score (nSPS) is 16.5. The lowest BCUT2D eigenvalue weighted by atomic mass is 9.95. The van der Waals surface area contributed by atoms with Crippen LogP contribution in [0.3, 0.4) is 0 Å². The van der Waals surface area contributed by atoms with Gasteiger partial charge in [0.05, 0.1) is 26.3 Å². The average molecular weight is 444 g/mol. The van der Waals surface area contributed by atoms with E-state index in [4.69, 9.17) is 9.47 Å². The summed E-state index contributed by atoms with van der Waals surface area (Å²) in [6.45, 7) is 3.66. The number of carbonyl (C=O) groups excluding carboxylic acids is 2. The van der Waals surface area contributed by atoms with Crippen LogP contribution in [0.1, 0.15) is 33.6 Å². The molecule has 2 aliphatic rings.